The maximum Gasteiger partial charge on any atom is 0.348 e. The van der Waals surface area contributed by atoms with Gasteiger partial charge in [-0.2, -0.15) is 0 Å². The van der Waals surface area contributed by atoms with Crippen molar-refractivity contribution in [2.75, 3.05) is 6.61 Å². The Morgan fingerprint density at radius 2 is 1.44 bits per heavy atom. The first-order valence-corrected chi connectivity index (χ1v) is 14.0. The highest BCUT2D eigenvalue weighted by molar-refractivity contribution is 5.81. The Kier molecular flexibility index (Phi) is 11.8. The van der Waals surface area contributed by atoms with Crippen LogP contribution in [0.5, 0.6) is 11.5 Å². The van der Waals surface area contributed by atoms with E-state index in [0.717, 1.165) is 41.7 Å². The van der Waals surface area contributed by atoms with E-state index in [2.05, 4.69) is 16.9 Å². The molecular formula is C32H40F2N2O3. The first-order chi connectivity index (χ1) is 18.8. The van der Waals surface area contributed by atoms with E-state index in [-0.39, 0.29) is 6.42 Å². The SMILES string of the molecule is CCCCCCCC[C@](C)(F)C(=O)Oc1ccc(-c2cnc(-c3ccc(OCCC[C@H](C)F)cc3)nc2)cc1. The van der Waals surface area contributed by atoms with Gasteiger partial charge in [0.1, 0.15) is 11.5 Å². The van der Waals surface area contributed by atoms with Crippen molar-refractivity contribution in [3.8, 4) is 34.0 Å². The third-order valence-corrected chi connectivity index (χ3v) is 6.60. The van der Waals surface area contributed by atoms with Crippen LogP contribution in [-0.4, -0.2) is 34.4 Å². The van der Waals surface area contributed by atoms with Gasteiger partial charge in [0.05, 0.1) is 12.8 Å². The number of unbranched alkanes of at least 4 members (excludes halogenated alkanes) is 5. The Labute approximate surface area is 231 Å². The zero-order valence-corrected chi connectivity index (χ0v) is 23.3. The third kappa shape index (κ3) is 10.0. The fourth-order valence-electron chi connectivity index (χ4n) is 4.15. The zero-order chi connectivity index (χ0) is 28.1. The molecule has 0 spiro atoms. The second-order valence-corrected chi connectivity index (χ2v) is 10.2. The lowest BCUT2D eigenvalue weighted by atomic mass is 9.99. The van der Waals surface area contributed by atoms with Crippen LogP contribution in [-0.2, 0) is 4.79 Å². The fraction of sp³-hybridized carbons (Fsp3) is 0.469. The van der Waals surface area contributed by atoms with E-state index in [0.29, 0.717) is 37.4 Å². The summed E-state index contributed by atoms with van der Waals surface area (Å²) in [4.78, 5) is 21.4. The van der Waals surface area contributed by atoms with Gasteiger partial charge in [0, 0.05) is 23.5 Å². The molecule has 7 heteroatoms. The van der Waals surface area contributed by atoms with E-state index < -0.39 is 17.8 Å². The van der Waals surface area contributed by atoms with Gasteiger partial charge >= 0.3 is 5.97 Å². The van der Waals surface area contributed by atoms with Gasteiger partial charge in [0.25, 0.3) is 0 Å². The van der Waals surface area contributed by atoms with Crippen molar-refractivity contribution in [1.82, 2.24) is 9.97 Å². The molecule has 0 N–H and O–H groups in total. The van der Waals surface area contributed by atoms with Crippen LogP contribution < -0.4 is 9.47 Å². The molecule has 1 heterocycles. The lowest BCUT2D eigenvalue weighted by Gasteiger charge is -2.18. The van der Waals surface area contributed by atoms with Crippen molar-refractivity contribution in [1.29, 1.82) is 0 Å². The summed E-state index contributed by atoms with van der Waals surface area (Å²) >= 11 is 0. The van der Waals surface area contributed by atoms with Gasteiger partial charge in [-0.3, -0.25) is 0 Å². The predicted octanol–water partition coefficient (Wildman–Crippen LogP) is 8.71. The Balaban J connectivity index is 1.50. The van der Waals surface area contributed by atoms with E-state index >= 15 is 0 Å². The summed E-state index contributed by atoms with van der Waals surface area (Å²) in [5.74, 6) is 0.741. The highest BCUT2D eigenvalue weighted by atomic mass is 19.1. The third-order valence-electron chi connectivity index (χ3n) is 6.60. The van der Waals surface area contributed by atoms with Gasteiger partial charge in [-0.1, -0.05) is 51.2 Å². The van der Waals surface area contributed by atoms with Crippen LogP contribution in [0.25, 0.3) is 22.5 Å². The molecule has 0 unspecified atom stereocenters. The van der Waals surface area contributed by atoms with Crippen molar-refractivity contribution < 1.29 is 23.0 Å². The number of ether oxygens (including phenoxy) is 2. The Morgan fingerprint density at radius 3 is 2.08 bits per heavy atom. The number of hydrogen-bond donors (Lipinski definition) is 0. The number of rotatable bonds is 16. The molecule has 2 atom stereocenters. The number of esters is 1. The monoisotopic (exact) mass is 538 g/mol. The molecule has 1 aromatic heterocycles. The molecule has 210 valence electrons. The Bertz CT molecular complexity index is 1130. The molecule has 0 saturated carbocycles. The van der Waals surface area contributed by atoms with E-state index in [1.54, 1.807) is 43.6 Å². The second kappa shape index (κ2) is 15.3. The van der Waals surface area contributed by atoms with Crippen molar-refractivity contribution in [2.45, 2.75) is 90.4 Å². The molecule has 2 aromatic carbocycles. The normalized spacial score (nSPS) is 13.5. The average Bonchev–Trinajstić information content (AvgIpc) is 2.94. The summed E-state index contributed by atoms with van der Waals surface area (Å²) < 4.78 is 38.7. The van der Waals surface area contributed by atoms with Crippen LogP contribution in [0.15, 0.2) is 60.9 Å². The highest BCUT2D eigenvalue weighted by Gasteiger charge is 2.34. The molecular weight excluding hydrogens is 498 g/mol. The van der Waals surface area contributed by atoms with Gasteiger partial charge in [-0.15, -0.1) is 0 Å². The number of carbonyl (C=O) groups excluding carboxylic acids is 1. The molecule has 0 bridgehead atoms. The molecule has 0 saturated heterocycles. The van der Waals surface area contributed by atoms with Crippen LogP contribution in [0.4, 0.5) is 8.78 Å². The molecule has 0 aliphatic heterocycles. The first kappa shape index (κ1) is 30.2. The largest absolute Gasteiger partial charge is 0.494 e. The van der Waals surface area contributed by atoms with Gasteiger partial charge < -0.3 is 9.47 Å². The first-order valence-electron chi connectivity index (χ1n) is 14.0. The number of hydrogen-bond acceptors (Lipinski definition) is 5. The van der Waals surface area contributed by atoms with Crippen molar-refractivity contribution in [2.24, 2.45) is 0 Å². The minimum absolute atomic E-state index is 0.162. The summed E-state index contributed by atoms with van der Waals surface area (Å²) in [5, 5.41) is 0. The van der Waals surface area contributed by atoms with Crippen LogP contribution in [0.3, 0.4) is 0 Å². The van der Waals surface area contributed by atoms with Gasteiger partial charge in [-0.05, 0) is 81.5 Å². The van der Waals surface area contributed by atoms with Gasteiger partial charge in [0.15, 0.2) is 5.82 Å². The van der Waals surface area contributed by atoms with E-state index in [1.165, 1.54) is 19.8 Å². The summed E-state index contributed by atoms with van der Waals surface area (Å²) in [5.41, 5.74) is 0.495. The van der Waals surface area contributed by atoms with Crippen LogP contribution >= 0.6 is 0 Å². The number of carbonyl (C=O) groups is 1. The predicted molar refractivity (Wildman–Crippen MR) is 151 cm³/mol. The number of halogens is 2. The standard InChI is InChI=1S/C32H40F2N2O3/c1-4-5-6-7-8-9-20-32(3,34)31(37)39-29-18-12-25(13-19-29)27-22-35-30(36-23-27)26-14-16-28(17-15-26)38-21-10-11-24(2)33/h12-19,22-24H,4-11,20-21H2,1-3H3/t24-,32-/m0/s1. The summed E-state index contributed by atoms with van der Waals surface area (Å²) in [6.07, 6.45) is 10.1. The van der Waals surface area contributed by atoms with Gasteiger partial charge in [0.2, 0.25) is 5.67 Å². The lowest BCUT2D eigenvalue weighted by Crippen LogP contribution is -2.34. The molecule has 0 aliphatic rings. The van der Waals surface area contributed by atoms with Crippen molar-refractivity contribution in [3.63, 3.8) is 0 Å². The molecule has 5 nitrogen and oxygen atoms in total. The summed E-state index contributed by atoms with van der Waals surface area (Å²) in [6, 6.07) is 14.3. The van der Waals surface area contributed by atoms with Crippen LogP contribution in [0.2, 0.25) is 0 Å². The second-order valence-electron chi connectivity index (χ2n) is 10.2. The minimum Gasteiger partial charge on any atom is -0.494 e. The molecule has 3 rings (SSSR count). The lowest BCUT2D eigenvalue weighted by molar-refractivity contribution is -0.147. The topological polar surface area (TPSA) is 61.3 Å². The maximum atomic E-state index is 14.9. The van der Waals surface area contributed by atoms with E-state index in [9.17, 15) is 13.6 Å². The minimum atomic E-state index is -2.01. The number of alkyl halides is 2. The molecule has 0 radical (unpaired) electrons. The smallest absolute Gasteiger partial charge is 0.348 e. The quantitative estimate of drug-likeness (QED) is 0.104. The highest BCUT2D eigenvalue weighted by Crippen LogP contribution is 2.27. The summed E-state index contributed by atoms with van der Waals surface area (Å²) in [7, 11) is 0. The van der Waals surface area contributed by atoms with Crippen molar-refractivity contribution >= 4 is 5.97 Å². The van der Waals surface area contributed by atoms with Crippen LogP contribution in [0.1, 0.15) is 78.6 Å². The average molecular weight is 539 g/mol. The number of benzene rings is 2. The van der Waals surface area contributed by atoms with E-state index in [4.69, 9.17) is 9.47 Å². The zero-order valence-electron chi connectivity index (χ0n) is 23.3. The number of aromatic nitrogens is 2. The molecule has 0 amide bonds. The van der Waals surface area contributed by atoms with E-state index in [1.807, 2.05) is 24.3 Å². The fourth-order valence-corrected chi connectivity index (χ4v) is 4.15. The summed E-state index contributed by atoms with van der Waals surface area (Å²) in [6.45, 7) is 5.48. The molecule has 0 fully saturated rings. The van der Waals surface area contributed by atoms with Crippen LogP contribution in [0, 0.1) is 0 Å². The van der Waals surface area contributed by atoms with Crippen molar-refractivity contribution in [3.05, 3.63) is 60.9 Å². The maximum absolute atomic E-state index is 14.9. The Morgan fingerprint density at radius 1 is 0.846 bits per heavy atom. The molecule has 0 aliphatic carbocycles. The van der Waals surface area contributed by atoms with Gasteiger partial charge in [-0.25, -0.2) is 23.5 Å². The number of nitrogens with zero attached hydrogens (tertiary/aromatic N) is 2. The Hall–Kier alpha value is -3.35. The molecule has 39 heavy (non-hydrogen) atoms. The molecule has 3 aromatic rings.